The van der Waals surface area contributed by atoms with Gasteiger partial charge in [0.2, 0.25) is 0 Å². The van der Waals surface area contributed by atoms with Crippen molar-refractivity contribution in [3.63, 3.8) is 0 Å². The van der Waals surface area contributed by atoms with E-state index in [1.165, 1.54) is 12.1 Å². The summed E-state index contributed by atoms with van der Waals surface area (Å²) in [5.41, 5.74) is 4.49. The third-order valence-electron chi connectivity index (χ3n) is 4.71. The third kappa shape index (κ3) is 3.65. The molecule has 0 spiro atoms. The van der Waals surface area contributed by atoms with Crippen LogP contribution in [0.4, 0.5) is 14.9 Å². The molecule has 0 bridgehead atoms. The molecule has 0 radical (unpaired) electrons. The molecule has 0 saturated carbocycles. The van der Waals surface area contributed by atoms with Gasteiger partial charge in [0.05, 0.1) is 12.2 Å². The first kappa shape index (κ1) is 17.1. The van der Waals surface area contributed by atoms with Gasteiger partial charge >= 0.3 is 6.03 Å². The molecule has 0 atom stereocenters. The molecular formula is C21H19FN4O. The Bertz CT molecular complexity index is 988. The average molecular weight is 362 g/mol. The molecule has 0 saturated heterocycles. The zero-order chi connectivity index (χ0) is 18.8. The number of rotatable bonds is 2. The summed E-state index contributed by atoms with van der Waals surface area (Å²) in [6.07, 6.45) is 2.42. The summed E-state index contributed by atoms with van der Waals surface area (Å²) in [5, 5.41) is 2.96. The largest absolute Gasteiger partial charge is 0.322 e. The van der Waals surface area contributed by atoms with Crippen molar-refractivity contribution >= 4 is 11.7 Å². The molecule has 1 aromatic heterocycles. The lowest BCUT2D eigenvalue weighted by Gasteiger charge is -2.28. The highest BCUT2D eigenvalue weighted by Gasteiger charge is 2.23. The summed E-state index contributed by atoms with van der Waals surface area (Å²) >= 11 is 0. The Kier molecular flexibility index (Phi) is 4.54. The summed E-state index contributed by atoms with van der Waals surface area (Å²) in [5.74, 6) is 0.290. The molecule has 0 aliphatic carbocycles. The van der Waals surface area contributed by atoms with Gasteiger partial charge < -0.3 is 10.2 Å². The predicted octanol–water partition coefficient (Wildman–Crippen LogP) is 4.18. The van der Waals surface area contributed by atoms with Crippen molar-refractivity contribution in [1.82, 2.24) is 14.9 Å². The van der Waals surface area contributed by atoms with Crippen LogP contribution in [0.25, 0.3) is 11.4 Å². The van der Waals surface area contributed by atoms with E-state index in [2.05, 4.69) is 15.3 Å². The molecule has 2 heterocycles. The molecule has 1 N–H and O–H groups in total. The number of urea groups is 1. The number of fused-ring (bicyclic) bond motifs is 1. The van der Waals surface area contributed by atoms with Crippen molar-refractivity contribution in [3.05, 3.63) is 77.4 Å². The minimum Gasteiger partial charge on any atom is -0.320 e. The Morgan fingerprint density at radius 3 is 2.70 bits per heavy atom. The Labute approximate surface area is 156 Å². The molecule has 4 rings (SSSR count). The lowest BCUT2D eigenvalue weighted by molar-refractivity contribution is 0.206. The van der Waals surface area contributed by atoms with Gasteiger partial charge in [-0.3, -0.25) is 0 Å². The second-order valence-electron chi connectivity index (χ2n) is 6.59. The lowest BCUT2D eigenvalue weighted by Crippen LogP contribution is -2.39. The molecule has 0 fully saturated rings. The smallest absolute Gasteiger partial charge is 0.320 e. The van der Waals surface area contributed by atoms with E-state index < -0.39 is 0 Å². The third-order valence-corrected chi connectivity index (χ3v) is 4.71. The topological polar surface area (TPSA) is 58.1 Å². The van der Waals surface area contributed by atoms with Gasteiger partial charge in [-0.05, 0) is 42.8 Å². The van der Waals surface area contributed by atoms with Gasteiger partial charge in [0.15, 0.2) is 5.82 Å². The van der Waals surface area contributed by atoms with Crippen molar-refractivity contribution < 1.29 is 9.18 Å². The van der Waals surface area contributed by atoms with Gasteiger partial charge in [0.25, 0.3) is 0 Å². The van der Waals surface area contributed by atoms with Crippen molar-refractivity contribution in [3.8, 4) is 11.4 Å². The molecule has 6 heteroatoms. The Morgan fingerprint density at radius 2 is 1.93 bits per heavy atom. The van der Waals surface area contributed by atoms with Crippen molar-refractivity contribution in [2.75, 3.05) is 11.9 Å². The van der Waals surface area contributed by atoms with Crippen LogP contribution >= 0.6 is 0 Å². The Balaban J connectivity index is 1.49. The van der Waals surface area contributed by atoms with Crippen LogP contribution in [0.3, 0.4) is 0 Å². The number of carbonyl (C=O) groups excluding carboxylic acids is 1. The van der Waals surface area contributed by atoms with E-state index in [9.17, 15) is 9.18 Å². The van der Waals surface area contributed by atoms with Gasteiger partial charge in [-0.1, -0.05) is 18.2 Å². The van der Waals surface area contributed by atoms with E-state index in [1.54, 1.807) is 23.2 Å². The van der Waals surface area contributed by atoms with Crippen LogP contribution in [0.15, 0.2) is 54.7 Å². The predicted molar refractivity (Wildman–Crippen MR) is 102 cm³/mol. The number of hydrogen-bond donors (Lipinski definition) is 1. The number of anilines is 1. The molecule has 2 aromatic carbocycles. The minimum absolute atomic E-state index is 0.127. The molecule has 0 unspecified atom stereocenters. The number of amides is 2. The number of nitrogens with one attached hydrogen (secondary N) is 1. The normalized spacial score (nSPS) is 13.2. The number of aromatic nitrogens is 2. The lowest BCUT2D eigenvalue weighted by atomic mass is 10.1. The number of halogens is 1. The van der Waals surface area contributed by atoms with Crippen molar-refractivity contribution in [2.45, 2.75) is 19.9 Å². The maximum atomic E-state index is 13.1. The summed E-state index contributed by atoms with van der Waals surface area (Å²) in [6.45, 7) is 3.02. The molecule has 2 amide bonds. The Hall–Kier alpha value is -3.28. The van der Waals surface area contributed by atoms with Crippen LogP contribution < -0.4 is 5.32 Å². The van der Waals surface area contributed by atoms with Crippen LogP contribution in [0.1, 0.15) is 16.8 Å². The van der Waals surface area contributed by atoms with Gasteiger partial charge in [-0.25, -0.2) is 19.2 Å². The molecule has 27 heavy (non-hydrogen) atoms. The number of benzene rings is 2. The SMILES string of the molecule is Cc1ccccc1NC(=O)N1CCc2nc(-c3ccc(F)cc3)ncc2C1. The summed E-state index contributed by atoms with van der Waals surface area (Å²) in [6, 6.07) is 13.7. The summed E-state index contributed by atoms with van der Waals surface area (Å²) < 4.78 is 13.1. The first-order valence-electron chi connectivity index (χ1n) is 8.82. The van der Waals surface area contributed by atoms with Gasteiger partial charge in [-0.15, -0.1) is 0 Å². The van der Waals surface area contributed by atoms with Crippen molar-refractivity contribution in [1.29, 1.82) is 0 Å². The molecule has 1 aliphatic rings. The summed E-state index contributed by atoms with van der Waals surface area (Å²) in [7, 11) is 0. The first-order valence-corrected chi connectivity index (χ1v) is 8.82. The fraction of sp³-hybridized carbons (Fsp3) is 0.190. The van der Waals surface area contributed by atoms with E-state index >= 15 is 0 Å². The van der Waals surface area contributed by atoms with Crippen molar-refractivity contribution in [2.24, 2.45) is 0 Å². The van der Waals surface area contributed by atoms with Crippen LogP contribution in [0.5, 0.6) is 0 Å². The van der Waals surface area contributed by atoms with Gasteiger partial charge in [0.1, 0.15) is 5.82 Å². The molecule has 3 aromatic rings. The summed E-state index contributed by atoms with van der Waals surface area (Å²) in [4.78, 5) is 23.4. The highest BCUT2D eigenvalue weighted by molar-refractivity contribution is 5.90. The van der Waals surface area contributed by atoms with Crippen LogP contribution in [-0.2, 0) is 13.0 Å². The average Bonchev–Trinajstić information content (AvgIpc) is 2.69. The van der Waals surface area contributed by atoms with E-state index in [-0.39, 0.29) is 11.8 Å². The second-order valence-corrected chi connectivity index (χ2v) is 6.59. The quantitative estimate of drug-likeness (QED) is 0.744. The number of nitrogens with zero attached hydrogens (tertiary/aromatic N) is 3. The van der Waals surface area contributed by atoms with Crippen LogP contribution in [0.2, 0.25) is 0 Å². The second kappa shape index (κ2) is 7.15. The fourth-order valence-electron chi connectivity index (χ4n) is 3.13. The number of carbonyl (C=O) groups is 1. The van der Waals surface area contributed by atoms with Crippen LogP contribution in [-0.4, -0.2) is 27.4 Å². The van der Waals surface area contributed by atoms with E-state index in [0.717, 1.165) is 28.1 Å². The Morgan fingerprint density at radius 1 is 1.15 bits per heavy atom. The fourth-order valence-corrected chi connectivity index (χ4v) is 3.13. The minimum atomic E-state index is -0.285. The van der Waals surface area contributed by atoms with Gasteiger partial charge in [-0.2, -0.15) is 0 Å². The standard InChI is InChI=1S/C21H19FN4O/c1-14-4-2-3-5-18(14)25-21(27)26-11-10-19-16(13-26)12-23-20(24-19)15-6-8-17(22)9-7-15/h2-9,12H,10-11,13H2,1H3,(H,25,27). The van der Waals surface area contributed by atoms with Crippen LogP contribution in [0, 0.1) is 12.7 Å². The number of aryl methyl sites for hydroxylation is 1. The first-order chi connectivity index (χ1) is 13.1. The van der Waals surface area contributed by atoms with E-state index in [4.69, 9.17) is 0 Å². The zero-order valence-corrected chi connectivity index (χ0v) is 14.9. The highest BCUT2D eigenvalue weighted by Crippen LogP contribution is 2.22. The van der Waals surface area contributed by atoms with Gasteiger partial charge in [0, 0.05) is 36.0 Å². The zero-order valence-electron chi connectivity index (χ0n) is 14.9. The molecule has 5 nitrogen and oxygen atoms in total. The monoisotopic (exact) mass is 362 g/mol. The molecular weight excluding hydrogens is 343 g/mol. The highest BCUT2D eigenvalue weighted by atomic mass is 19.1. The number of hydrogen-bond acceptors (Lipinski definition) is 3. The maximum Gasteiger partial charge on any atom is 0.322 e. The molecule has 136 valence electrons. The number of para-hydroxylation sites is 1. The van der Waals surface area contributed by atoms with E-state index in [1.807, 2.05) is 31.2 Å². The molecule has 1 aliphatic heterocycles. The van der Waals surface area contributed by atoms with E-state index in [0.29, 0.717) is 25.3 Å². The maximum absolute atomic E-state index is 13.1.